The summed E-state index contributed by atoms with van der Waals surface area (Å²) in [7, 11) is 1.43. The van der Waals surface area contributed by atoms with Crippen LogP contribution in [0.1, 0.15) is 11.4 Å². The maximum atomic E-state index is 10.8. The molecule has 0 unspecified atom stereocenters. The number of imidazole rings is 1. The number of allylic oxidation sites excluding steroid dienone is 1. The number of H-pyrrole nitrogens is 1. The first kappa shape index (κ1) is 16.0. The molecule has 25 heavy (non-hydrogen) atoms. The van der Waals surface area contributed by atoms with Crippen molar-refractivity contribution < 1.29 is 14.8 Å². The van der Waals surface area contributed by atoms with Crippen LogP contribution in [-0.4, -0.2) is 27.1 Å². The number of non-ortho nitro benzene ring substituents is 1. The number of phenolic OH excluding ortho intramolecular Hbond substituents is 1. The molecule has 0 aliphatic heterocycles. The molecule has 0 amide bonds. The second kappa shape index (κ2) is 6.33. The number of nitrogens with zero attached hydrogens (tertiary/aromatic N) is 3. The highest BCUT2D eigenvalue weighted by Crippen LogP contribution is 2.28. The van der Waals surface area contributed by atoms with E-state index in [1.165, 1.54) is 31.4 Å². The normalized spacial score (nSPS) is 11.3. The SMILES string of the molecule is COc1cc(/C=C(\C#N)c2nc3ccc([N+](=O)[O-])cc3[nH]2)ccc1O. The van der Waals surface area contributed by atoms with Crippen molar-refractivity contribution in [2.24, 2.45) is 0 Å². The Morgan fingerprint density at radius 1 is 1.40 bits per heavy atom. The maximum Gasteiger partial charge on any atom is 0.271 e. The summed E-state index contributed by atoms with van der Waals surface area (Å²) < 4.78 is 5.04. The van der Waals surface area contributed by atoms with E-state index in [1.54, 1.807) is 18.2 Å². The van der Waals surface area contributed by atoms with Crippen molar-refractivity contribution >= 4 is 28.4 Å². The number of nitro groups is 1. The molecule has 3 aromatic rings. The molecule has 8 nitrogen and oxygen atoms in total. The van der Waals surface area contributed by atoms with Gasteiger partial charge in [0.2, 0.25) is 0 Å². The second-order valence-electron chi connectivity index (χ2n) is 5.15. The van der Waals surface area contributed by atoms with E-state index >= 15 is 0 Å². The van der Waals surface area contributed by atoms with Gasteiger partial charge in [0.1, 0.15) is 11.9 Å². The minimum Gasteiger partial charge on any atom is -0.504 e. The first-order valence-corrected chi connectivity index (χ1v) is 7.15. The monoisotopic (exact) mass is 336 g/mol. The predicted molar refractivity (Wildman–Crippen MR) is 90.9 cm³/mol. The molecule has 2 N–H and O–H groups in total. The number of hydrogen-bond acceptors (Lipinski definition) is 6. The Balaban J connectivity index is 2.05. The molecule has 0 aliphatic carbocycles. The van der Waals surface area contributed by atoms with Crippen LogP contribution in [0.3, 0.4) is 0 Å². The molecule has 0 saturated heterocycles. The van der Waals surface area contributed by atoms with Gasteiger partial charge in [0.15, 0.2) is 11.5 Å². The van der Waals surface area contributed by atoms with Crippen molar-refractivity contribution in [1.82, 2.24) is 9.97 Å². The summed E-state index contributed by atoms with van der Waals surface area (Å²) in [5, 5.41) is 29.9. The molecule has 3 rings (SSSR count). The zero-order valence-corrected chi connectivity index (χ0v) is 13.1. The molecule has 0 aliphatic rings. The van der Waals surface area contributed by atoms with Crippen LogP contribution >= 0.6 is 0 Å². The summed E-state index contributed by atoms with van der Waals surface area (Å²) in [6.07, 6.45) is 1.58. The fourth-order valence-corrected chi connectivity index (χ4v) is 2.34. The van der Waals surface area contributed by atoms with Crippen molar-refractivity contribution in [3.8, 4) is 17.6 Å². The molecule has 124 valence electrons. The second-order valence-corrected chi connectivity index (χ2v) is 5.15. The van der Waals surface area contributed by atoms with E-state index in [2.05, 4.69) is 9.97 Å². The van der Waals surface area contributed by atoms with Gasteiger partial charge in [-0.25, -0.2) is 4.98 Å². The lowest BCUT2D eigenvalue weighted by molar-refractivity contribution is -0.384. The highest BCUT2D eigenvalue weighted by atomic mass is 16.6. The van der Waals surface area contributed by atoms with Crippen LogP contribution in [0.5, 0.6) is 11.5 Å². The van der Waals surface area contributed by atoms with Crippen molar-refractivity contribution in [2.75, 3.05) is 7.11 Å². The lowest BCUT2D eigenvalue weighted by Gasteiger charge is -2.04. The average molecular weight is 336 g/mol. The van der Waals surface area contributed by atoms with Crippen LogP contribution in [0.25, 0.3) is 22.7 Å². The third-order valence-electron chi connectivity index (χ3n) is 3.57. The van der Waals surface area contributed by atoms with Crippen LogP contribution in [0.2, 0.25) is 0 Å². The molecule has 1 heterocycles. The number of nitrogens with one attached hydrogen (secondary N) is 1. The van der Waals surface area contributed by atoms with E-state index in [-0.39, 0.29) is 22.8 Å². The molecule has 0 atom stereocenters. The summed E-state index contributed by atoms with van der Waals surface area (Å²) in [6.45, 7) is 0. The molecule has 8 heteroatoms. The lowest BCUT2D eigenvalue weighted by Crippen LogP contribution is -1.87. The van der Waals surface area contributed by atoms with Gasteiger partial charge >= 0.3 is 0 Å². The Hall–Kier alpha value is -3.86. The molecule has 0 bridgehead atoms. The van der Waals surface area contributed by atoms with Crippen LogP contribution in [0, 0.1) is 21.4 Å². The van der Waals surface area contributed by atoms with Gasteiger partial charge in [-0.15, -0.1) is 0 Å². The van der Waals surface area contributed by atoms with Gasteiger partial charge in [-0.2, -0.15) is 5.26 Å². The number of rotatable bonds is 4. The van der Waals surface area contributed by atoms with Gasteiger partial charge in [0, 0.05) is 12.1 Å². The minimum atomic E-state index is -0.496. The zero-order valence-electron chi connectivity index (χ0n) is 13.1. The number of aromatic hydroxyl groups is 1. The topological polar surface area (TPSA) is 125 Å². The number of methoxy groups -OCH3 is 1. The summed E-state index contributed by atoms with van der Waals surface area (Å²) in [6, 6.07) is 11.0. The molecule has 1 aromatic heterocycles. The van der Waals surface area contributed by atoms with Crippen LogP contribution in [0.4, 0.5) is 5.69 Å². The fraction of sp³-hybridized carbons (Fsp3) is 0.0588. The van der Waals surface area contributed by atoms with E-state index in [0.29, 0.717) is 22.4 Å². The standard InChI is InChI=1S/C17H12N4O4/c1-25-16-7-10(2-5-15(16)22)6-11(9-18)17-19-13-4-3-12(21(23)24)8-14(13)20-17/h2-8,22H,1H3,(H,19,20)/b11-6+. The zero-order chi connectivity index (χ0) is 18.0. The van der Waals surface area contributed by atoms with E-state index < -0.39 is 4.92 Å². The van der Waals surface area contributed by atoms with E-state index in [0.717, 1.165) is 0 Å². The van der Waals surface area contributed by atoms with Gasteiger partial charge in [-0.3, -0.25) is 10.1 Å². The highest BCUT2D eigenvalue weighted by molar-refractivity contribution is 5.90. The minimum absolute atomic E-state index is 0.00537. The summed E-state index contributed by atoms with van der Waals surface area (Å²) in [5.41, 5.74) is 1.80. The Morgan fingerprint density at radius 2 is 2.20 bits per heavy atom. The Kier molecular flexibility index (Phi) is 4.05. The van der Waals surface area contributed by atoms with Gasteiger partial charge in [0.05, 0.1) is 28.6 Å². The van der Waals surface area contributed by atoms with Crippen molar-refractivity contribution in [3.05, 3.63) is 57.9 Å². The Bertz CT molecular complexity index is 1050. The molecule has 0 spiro atoms. The quantitative estimate of drug-likeness (QED) is 0.428. The Morgan fingerprint density at radius 3 is 2.88 bits per heavy atom. The number of hydrogen-bond donors (Lipinski definition) is 2. The van der Waals surface area contributed by atoms with Gasteiger partial charge < -0.3 is 14.8 Å². The predicted octanol–water partition coefficient (Wildman–Crippen LogP) is 3.25. The molecule has 0 fully saturated rings. The summed E-state index contributed by atoms with van der Waals surface area (Å²) >= 11 is 0. The lowest BCUT2D eigenvalue weighted by atomic mass is 10.1. The van der Waals surface area contributed by atoms with Crippen LogP contribution in [-0.2, 0) is 0 Å². The maximum absolute atomic E-state index is 10.8. The molecule has 0 radical (unpaired) electrons. The number of phenols is 1. The van der Waals surface area contributed by atoms with E-state index in [4.69, 9.17) is 4.74 Å². The third kappa shape index (κ3) is 3.11. The molecular weight excluding hydrogens is 324 g/mol. The highest BCUT2D eigenvalue weighted by Gasteiger charge is 2.12. The first-order valence-electron chi connectivity index (χ1n) is 7.15. The van der Waals surface area contributed by atoms with E-state index in [1.807, 2.05) is 6.07 Å². The van der Waals surface area contributed by atoms with Crippen molar-refractivity contribution in [1.29, 1.82) is 5.26 Å². The van der Waals surface area contributed by atoms with Crippen LogP contribution < -0.4 is 4.74 Å². The van der Waals surface area contributed by atoms with Gasteiger partial charge in [-0.1, -0.05) is 6.07 Å². The van der Waals surface area contributed by atoms with Crippen molar-refractivity contribution in [3.63, 3.8) is 0 Å². The number of nitro benzene ring substituents is 1. The number of aromatic amines is 1. The number of benzene rings is 2. The summed E-state index contributed by atoms with van der Waals surface area (Å²) in [5.74, 6) is 0.575. The smallest absolute Gasteiger partial charge is 0.271 e. The first-order chi connectivity index (χ1) is 12.0. The third-order valence-corrected chi connectivity index (χ3v) is 3.57. The molecular formula is C17H12N4O4. The largest absolute Gasteiger partial charge is 0.504 e. The average Bonchev–Trinajstić information content (AvgIpc) is 3.03. The number of aromatic nitrogens is 2. The van der Waals surface area contributed by atoms with Gasteiger partial charge in [-0.05, 0) is 29.8 Å². The Labute approximate surface area is 141 Å². The summed E-state index contributed by atoms with van der Waals surface area (Å²) in [4.78, 5) is 17.6. The van der Waals surface area contributed by atoms with Crippen LogP contribution in [0.15, 0.2) is 36.4 Å². The number of fused-ring (bicyclic) bond motifs is 1. The fourth-order valence-electron chi connectivity index (χ4n) is 2.34. The number of nitriles is 1. The molecule has 2 aromatic carbocycles. The van der Waals surface area contributed by atoms with E-state index in [9.17, 15) is 20.5 Å². The van der Waals surface area contributed by atoms with Crippen molar-refractivity contribution in [2.45, 2.75) is 0 Å². The number of ether oxygens (including phenoxy) is 1. The van der Waals surface area contributed by atoms with Gasteiger partial charge in [0.25, 0.3) is 5.69 Å². The molecule has 0 saturated carbocycles.